The summed E-state index contributed by atoms with van der Waals surface area (Å²) in [6, 6.07) is 5.72. The number of nitrogens with zero attached hydrogens (tertiary/aromatic N) is 1. The van der Waals surface area contributed by atoms with Crippen LogP contribution >= 0.6 is 0 Å². The van der Waals surface area contributed by atoms with Crippen molar-refractivity contribution in [3.8, 4) is 0 Å². The first kappa shape index (κ1) is 12.7. The molecule has 0 unspecified atom stereocenters. The van der Waals surface area contributed by atoms with Gasteiger partial charge in [-0.1, -0.05) is 26.3 Å². The number of pyridine rings is 1. The fourth-order valence-corrected chi connectivity index (χ4v) is 1.69. The van der Waals surface area contributed by atoms with E-state index in [2.05, 4.69) is 24.1 Å². The van der Waals surface area contributed by atoms with E-state index in [0.29, 0.717) is 6.54 Å². The third kappa shape index (κ3) is 4.01. The number of nitrogens with one attached hydrogen (secondary N) is 1. The summed E-state index contributed by atoms with van der Waals surface area (Å²) >= 11 is 0. The van der Waals surface area contributed by atoms with Gasteiger partial charge in [0.25, 0.3) is 0 Å². The van der Waals surface area contributed by atoms with Crippen molar-refractivity contribution < 1.29 is 4.79 Å². The Labute approximate surface area is 97.3 Å². The molecule has 0 aromatic carbocycles. The zero-order valence-corrected chi connectivity index (χ0v) is 10.1. The molecule has 0 spiro atoms. The topological polar surface area (TPSA) is 42.0 Å². The Morgan fingerprint density at radius 1 is 1.44 bits per heavy atom. The lowest BCUT2D eigenvalue weighted by molar-refractivity contribution is -0.125. The molecule has 1 heterocycles. The van der Waals surface area contributed by atoms with Crippen molar-refractivity contribution >= 4 is 5.91 Å². The van der Waals surface area contributed by atoms with Crippen LogP contribution in [0, 0.1) is 5.92 Å². The van der Waals surface area contributed by atoms with Crippen molar-refractivity contribution in [1.82, 2.24) is 10.3 Å². The molecular formula is C13H20N2O. The summed E-state index contributed by atoms with van der Waals surface area (Å²) in [4.78, 5) is 16.0. The monoisotopic (exact) mass is 220 g/mol. The summed E-state index contributed by atoms with van der Waals surface area (Å²) in [5.74, 6) is 0.295. The first-order valence-electron chi connectivity index (χ1n) is 5.95. The van der Waals surface area contributed by atoms with E-state index in [1.54, 1.807) is 6.20 Å². The van der Waals surface area contributed by atoms with Gasteiger partial charge in [0.2, 0.25) is 5.91 Å². The summed E-state index contributed by atoms with van der Waals surface area (Å²) in [7, 11) is 0. The van der Waals surface area contributed by atoms with Gasteiger partial charge in [-0.05, 0) is 25.0 Å². The normalized spacial score (nSPS) is 12.1. The Morgan fingerprint density at radius 3 is 2.81 bits per heavy atom. The standard InChI is InChI=1S/C13H20N2O/c1-3-7-11(4-2)13(16)15-10-12-8-5-6-9-14-12/h5-6,8-9,11H,3-4,7,10H2,1-2H3,(H,15,16)/t11-/m0/s1. The highest BCUT2D eigenvalue weighted by Crippen LogP contribution is 2.10. The molecule has 1 N–H and O–H groups in total. The number of hydrogen-bond acceptors (Lipinski definition) is 2. The lowest BCUT2D eigenvalue weighted by Gasteiger charge is -2.13. The number of amides is 1. The van der Waals surface area contributed by atoms with Crippen LogP contribution in [0.25, 0.3) is 0 Å². The summed E-state index contributed by atoms with van der Waals surface area (Å²) in [6.07, 6.45) is 4.66. The van der Waals surface area contributed by atoms with Gasteiger partial charge >= 0.3 is 0 Å². The molecule has 1 atom stereocenters. The SMILES string of the molecule is CCC[C@H](CC)C(=O)NCc1ccccn1. The Morgan fingerprint density at radius 2 is 2.25 bits per heavy atom. The molecule has 0 bridgehead atoms. The number of hydrogen-bond donors (Lipinski definition) is 1. The average molecular weight is 220 g/mol. The molecule has 0 saturated heterocycles. The quantitative estimate of drug-likeness (QED) is 0.800. The highest BCUT2D eigenvalue weighted by atomic mass is 16.1. The molecule has 0 aliphatic heterocycles. The summed E-state index contributed by atoms with van der Waals surface area (Å²) in [5.41, 5.74) is 0.905. The van der Waals surface area contributed by atoms with E-state index in [1.165, 1.54) is 0 Å². The molecule has 1 aromatic rings. The van der Waals surface area contributed by atoms with Gasteiger partial charge in [0, 0.05) is 12.1 Å². The van der Waals surface area contributed by atoms with Gasteiger partial charge in [-0.25, -0.2) is 0 Å². The smallest absolute Gasteiger partial charge is 0.223 e. The predicted molar refractivity (Wildman–Crippen MR) is 64.8 cm³/mol. The van der Waals surface area contributed by atoms with Crippen LogP contribution in [0.5, 0.6) is 0 Å². The van der Waals surface area contributed by atoms with E-state index in [-0.39, 0.29) is 11.8 Å². The van der Waals surface area contributed by atoms with E-state index >= 15 is 0 Å². The van der Waals surface area contributed by atoms with Gasteiger partial charge in [-0.3, -0.25) is 9.78 Å². The molecule has 0 fully saturated rings. The van der Waals surface area contributed by atoms with Crippen LogP contribution in [0.1, 0.15) is 38.8 Å². The minimum atomic E-state index is 0.147. The first-order chi connectivity index (χ1) is 7.77. The maximum absolute atomic E-state index is 11.8. The van der Waals surface area contributed by atoms with Gasteiger partial charge in [0.15, 0.2) is 0 Å². The Balaban J connectivity index is 2.40. The Kier molecular flexibility index (Phi) is 5.54. The molecule has 3 heteroatoms. The average Bonchev–Trinajstić information content (AvgIpc) is 2.34. The van der Waals surface area contributed by atoms with Crippen LogP contribution in [-0.4, -0.2) is 10.9 Å². The molecule has 0 aliphatic carbocycles. The molecule has 1 amide bonds. The number of carbonyl (C=O) groups excluding carboxylic acids is 1. The molecule has 16 heavy (non-hydrogen) atoms. The summed E-state index contributed by atoms with van der Waals surface area (Å²) in [6.45, 7) is 4.69. The molecule has 0 aliphatic rings. The van der Waals surface area contributed by atoms with Crippen molar-refractivity contribution in [1.29, 1.82) is 0 Å². The maximum Gasteiger partial charge on any atom is 0.223 e. The van der Waals surface area contributed by atoms with Crippen LogP contribution in [-0.2, 0) is 11.3 Å². The first-order valence-corrected chi connectivity index (χ1v) is 5.95. The summed E-state index contributed by atoms with van der Waals surface area (Å²) < 4.78 is 0. The lowest BCUT2D eigenvalue weighted by atomic mass is 10.00. The molecular weight excluding hydrogens is 200 g/mol. The van der Waals surface area contributed by atoms with Crippen molar-refractivity contribution in [2.45, 2.75) is 39.7 Å². The van der Waals surface area contributed by atoms with Gasteiger partial charge in [-0.2, -0.15) is 0 Å². The largest absolute Gasteiger partial charge is 0.350 e. The van der Waals surface area contributed by atoms with E-state index in [1.807, 2.05) is 18.2 Å². The minimum absolute atomic E-state index is 0.147. The van der Waals surface area contributed by atoms with Crippen molar-refractivity contribution in [3.05, 3.63) is 30.1 Å². The fourth-order valence-electron chi connectivity index (χ4n) is 1.69. The Hall–Kier alpha value is -1.38. The zero-order valence-electron chi connectivity index (χ0n) is 10.1. The zero-order chi connectivity index (χ0) is 11.8. The second kappa shape index (κ2) is 6.99. The van der Waals surface area contributed by atoms with E-state index in [4.69, 9.17) is 0 Å². The highest BCUT2D eigenvalue weighted by Gasteiger charge is 2.14. The highest BCUT2D eigenvalue weighted by molar-refractivity contribution is 5.78. The van der Waals surface area contributed by atoms with E-state index in [0.717, 1.165) is 25.0 Å². The van der Waals surface area contributed by atoms with Crippen LogP contribution < -0.4 is 5.32 Å². The van der Waals surface area contributed by atoms with Crippen LogP contribution in [0.3, 0.4) is 0 Å². The van der Waals surface area contributed by atoms with Crippen molar-refractivity contribution in [3.63, 3.8) is 0 Å². The number of carbonyl (C=O) groups is 1. The molecule has 0 radical (unpaired) electrons. The molecule has 1 aromatic heterocycles. The summed E-state index contributed by atoms with van der Waals surface area (Å²) in [5, 5.41) is 2.93. The lowest BCUT2D eigenvalue weighted by Crippen LogP contribution is -2.30. The number of rotatable bonds is 6. The second-order valence-electron chi connectivity index (χ2n) is 3.93. The molecule has 0 saturated carbocycles. The van der Waals surface area contributed by atoms with E-state index in [9.17, 15) is 4.79 Å². The third-order valence-electron chi connectivity index (χ3n) is 2.67. The van der Waals surface area contributed by atoms with Crippen molar-refractivity contribution in [2.24, 2.45) is 5.92 Å². The molecule has 88 valence electrons. The van der Waals surface area contributed by atoms with Crippen LogP contribution in [0.15, 0.2) is 24.4 Å². The van der Waals surface area contributed by atoms with Gasteiger partial charge in [0.1, 0.15) is 0 Å². The fraction of sp³-hybridized carbons (Fsp3) is 0.538. The minimum Gasteiger partial charge on any atom is -0.350 e. The van der Waals surface area contributed by atoms with E-state index < -0.39 is 0 Å². The Bertz CT molecular complexity index is 311. The van der Waals surface area contributed by atoms with Gasteiger partial charge in [-0.15, -0.1) is 0 Å². The van der Waals surface area contributed by atoms with Crippen LogP contribution in [0.2, 0.25) is 0 Å². The third-order valence-corrected chi connectivity index (χ3v) is 2.67. The van der Waals surface area contributed by atoms with Crippen LogP contribution in [0.4, 0.5) is 0 Å². The van der Waals surface area contributed by atoms with Gasteiger partial charge in [0.05, 0.1) is 12.2 Å². The second-order valence-corrected chi connectivity index (χ2v) is 3.93. The molecule has 1 rings (SSSR count). The van der Waals surface area contributed by atoms with Crippen molar-refractivity contribution in [2.75, 3.05) is 0 Å². The maximum atomic E-state index is 11.8. The van der Waals surface area contributed by atoms with Gasteiger partial charge < -0.3 is 5.32 Å². The number of aromatic nitrogens is 1. The predicted octanol–water partition coefficient (Wildman–Crippen LogP) is 2.52. The molecule has 3 nitrogen and oxygen atoms in total.